The van der Waals surface area contributed by atoms with Crippen molar-refractivity contribution >= 4 is 50.3 Å². The number of fused-ring (bicyclic) bond motifs is 1. The molecule has 5 rings (SSSR count). The van der Waals surface area contributed by atoms with E-state index in [2.05, 4.69) is 31.0 Å². The lowest BCUT2D eigenvalue weighted by molar-refractivity contribution is -0.167. The normalized spacial score (nSPS) is 26.1. The Labute approximate surface area is 332 Å². The molecule has 326 valence electrons. The number of carbonyl (C=O) groups excluding carboxylic acids is 2. The van der Waals surface area contributed by atoms with E-state index in [-0.39, 0.29) is 42.2 Å². The van der Waals surface area contributed by atoms with E-state index in [0.717, 1.165) is 28.1 Å². The molecule has 1 unspecified atom stereocenters. The smallest absolute Gasteiger partial charge is 0.455 e. The van der Waals surface area contributed by atoms with E-state index in [0.29, 0.717) is 0 Å². The van der Waals surface area contributed by atoms with Crippen LogP contribution in [0.3, 0.4) is 0 Å². The summed E-state index contributed by atoms with van der Waals surface area (Å²) in [5.74, 6) is -1.86. The van der Waals surface area contributed by atoms with Crippen molar-refractivity contribution in [3.63, 3.8) is 0 Å². The second-order valence-corrected chi connectivity index (χ2v) is 15.6. The van der Waals surface area contributed by atoms with Gasteiger partial charge >= 0.3 is 27.3 Å². The van der Waals surface area contributed by atoms with Crippen LogP contribution in [0.15, 0.2) is 42.4 Å². The number of allylic oxidation sites excluding steroid dienone is 1. The second-order valence-electron chi connectivity index (χ2n) is 12.9. The number of anilines is 2. The van der Waals surface area contributed by atoms with Crippen molar-refractivity contribution in [3.05, 3.63) is 48.1 Å². The molecule has 10 N–H and O–H groups in total. The van der Waals surface area contributed by atoms with Crippen molar-refractivity contribution in [2.75, 3.05) is 51.5 Å². The summed E-state index contributed by atoms with van der Waals surface area (Å²) < 4.78 is 64.4. The molecule has 0 radical (unpaired) electrons. The molecule has 29 heteroatoms. The quantitative estimate of drug-likeness (QED) is 0.0244. The summed E-state index contributed by atoms with van der Waals surface area (Å²) in [5, 5.41) is 31.9. The summed E-state index contributed by atoms with van der Waals surface area (Å²) in [6.45, 7) is 0.463. The highest BCUT2D eigenvalue weighted by Gasteiger charge is 2.52. The molecule has 3 aromatic heterocycles. The monoisotopic (exact) mass is 879 g/mol. The van der Waals surface area contributed by atoms with Gasteiger partial charge in [0, 0.05) is 19.7 Å². The van der Waals surface area contributed by atoms with Crippen molar-refractivity contribution in [2.45, 2.75) is 68.0 Å². The Kier molecular flexibility index (Phi) is 15.0. The number of rotatable bonds is 20. The molecule has 0 aromatic carbocycles. The zero-order chi connectivity index (χ0) is 43.2. The number of ether oxygens (including phenoxy) is 4. The third kappa shape index (κ3) is 11.1. The third-order valence-electron chi connectivity index (χ3n) is 8.93. The zero-order valence-corrected chi connectivity index (χ0v) is 32.8. The maximum absolute atomic E-state index is 13.8. The average molecular weight is 880 g/mol. The molecular weight excluding hydrogens is 836 g/mol. The number of aliphatic hydroxyl groups excluding tert-OH is 3. The molecule has 27 nitrogen and oxygen atoms in total. The van der Waals surface area contributed by atoms with Gasteiger partial charge in [0.05, 0.1) is 39.4 Å². The Balaban J connectivity index is 1.40. The lowest BCUT2D eigenvalue weighted by atomic mass is 10.1. The molecule has 2 fully saturated rings. The lowest BCUT2D eigenvalue weighted by Crippen LogP contribution is -2.49. The Hall–Kier alpha value is -4.31. The maximum atomic E-state index is 13.8. The van der Waals surface area contributed by atoms with Gasteiger partial charge in [0.15, 0.2) is 36.1 Å². The van der Waals surface area contributed by atoms with E-state index < -0.39 is 115 Å². The predicted molar refractivity (Wildman–Crippen MR) is 195 cm³/mol. The number of phosphoric ester groups is 2. The largest absolute Gasteiger partial charge is 0.472 e. The van der Waals surface area contributed by atoms with Crippen molar-refractivity contribution in [3.8, 4) is 0 Å². The number of nitrogen functional groups attached to an aromatic ring is 2. The maximum Gasteiger partial charge on any atom is 0.472 e. The highest BCUT2D eigenvalue weighted by atomic mass is 31.2. The summed E-state index contributed by atoms with van der Waals surface area (Å²) in [6.07, 6.45) is -8.96. The van der Waals surface area contributed by atoms with Gasteiger partial charge in [-0.1, -0.05) is 6.08 Å². The van der Waals surface area contributed by atoms with E-state index >= 15 is 0 Å². The number of nitrogens with zero attached hydrogens (tertiary/aromatic N) is 7. The Morgan fingerprint density at radius 2 is 1.69 bits per heavy atom. The fraction of sp³-hybridized carbons (Fsp3) is 0.567. The van der Waals surface area contributed by atoms with E-state index in [1.54, 1.807) is 0 Å². The highest BCUT2D eigenvalue weighted by molar-refractivity contribution is 7.47. The molecular formula is C30H43N9O18P2. The van der Waals surface area contributed by atoms with Crippen molar-refractivity contribution in [1.82, 2.24) is 34.0 Å². The first-order valence-electron chi connectivity index (χ1n) is 17.4. The minimum absolute atomic E-state index is 0.0281. The van der Waals surface area contributed by atoms with Crippen LogP contribution in [0.25, 0.3) is 11.2 Å². The molecule has 5 heterocycles. The van der Waals surface area contributed by atoms with Crippen LogP contribution in [0.4, 0.5) is 11.6 Å². The molecule has 0 aliphatic carbocycles. The van der Waals surface area contributed by atoms with Gasteiger partial charge in [0.25, 0.3) is 0 Å². The number of aromatic nitrogens is 6. The van der Waals surface area contributed by atoms with Crippen LogP contribution in [-0.4, -0.2) is 159 Å². The number of phosphoric acid groups is 2. The zero-order valence-electron chi connectivity index (χ0n) is 31.0. The van der Waals surface area contributed by atoms with Gasteiger partial charge in [-0.2, -0.15) is 4.98 Å². The predicted octanol–water partition coefficient (Wildman–Crippen LogP) is -2.91. The molecule has 1 amide bonds. The molecule has 0 saturated carbocycles. The Bertz CT molecular complexity index is 2120. The minimum atomic E-state index is -5.43. The van der Waals surface area contributed by atoms with Gasteiger partial charge < -0.3 is 65.3 Å². The first kappa shape index (κ1) is 45.8. The van der Waals surface area contributed by atoms with Crippen LogP contribution in [0.1, 0.15) is 25.3 Å². The van der Waals surface area contributed by atoms with Crippen LogP contribution in [-0.2, 0) is 51.2 Å². The summed E-state index contributed by atoms with van der Waals surface area (Å²) in [4.78, 5) is 85.3. The van der Waals surface area contributed by atoms with Crippen LogP contribution < -0.4 is 17.2 Å². The van der Waals surface area contributed by atoms with Crippen molar-refractivity contribution in [1.29, 1.82) is 0 Å². The molecule has 2 saturated heterocycles. The van der Waals surface area contributed by atoms with Crippen LogP contribution >= 0.6 is 15.6 Å². The molecule has 59 heavy (non-hydrogen) atoms. The number of amides is 1. The van der Waals surface area contributed by atoms with Gasteiger partial charge in [-0.3, -0.25) is 27.5 Å². The highest BCUT2D eigenvalue weighted by Crippen LogP contribution is 2.50. The fourth-order valence-electron chi connectivity index (χ4n) is 6.03. The van der Waals surface area contributed by atoms with E-state index in [4.69, 9.17) is 39.5 Å². The van der Waals surface area contributed by atoms with Gasteiger partial charge in [-0.05, 0) is 12.5 Å². The van der Waals surface area contributed by atoms with Crippen LogP contribution in [0, 0.1) is 0 Å². The summed E-state index contributed by atoms with van der Waals surface area (Å²) in [5.41, 5.74) is 10.6. The molecule has 10 atom stereocenters. The number of likely N-dealkylation sites (N-methyl/N-ethyl adjacent to an activating group) is 1. The fourth-order valence-corrected chi connectivity index (χ4v) is 7.33. The summed E-state index contributed by atoms with van der Waals surface area (Å²) >= 11 is 0. The van der Waals surface area contributed by atoms with Crippen molar-refractivity contribution in [2.24, 2.45) is 0 Å². The number of aliphatic hydroxyl groups is 3. The SMILES string of the molecule is C=CCCC(=O)N(C)[C@@H](COCCO)C(=O)O[C@H]1[C@@H](O)[C@H](n2cnc3c(N)ncnc32)O[C@@H]1COP(=O)(O)O[C@H]1[C@@H](O)[C@H](n2ccc(N)nc2=O)O[C@@H]1COP(=O)(O)O. The third-order valence-corrected chi connectivity index (χ3v) is 10.4. The number of hydrogen-bond donors (Lipinski definition) is 8. The molecule has 3 aromatic rings. The first-order chi connectivity index (χ1) is 27.9. The van der Waals surface area contributed by atoms with Gasteiger partial charge in [0.2, 0.25) is 5.91 Å². The number of nitrogens with two attached hydrogens (primary N) is 2. The van der Waals surface area contributed by atoms with Crippen molar-refractivity contribution < 1.29 is 81.2 Å². The molecule has 2 aliphatic heterocycles. The number of esters is 1. The van der Waals surface area contributed by atoms with Crippen LogP contribution in [0.2, 0.25) is 0 Å². The first-order valence-corrected chi connectivity index (χ1v) is 20.4. The topological polar surface area (TPSA) is 388 Å². The number of hydrogen-bond acceptors (Lipinski definition) is 21. The Morgan fingerprint density at radius 1 is 1.03 bits per heavy atom. The molecule has 0 spiro atoms. The Morgan fingerprint density at radius 3 is 2.36 bits per heavy atom. The minimum Gasteiger partial charge on any atom is -0.455 e. The summed E-state index contributed by atoms with van der Waals surface area (Å²) in [7, 11) is -9.31. The van der Waals surface area contributed by atoms with Gasteiger partial charge in [0.1, 0.15) is 48.2 Å². The number of imidazole rings is 1. The number of carbonyl (C=O) groups is 2. The average Bonchev–Trinajstić information content (AvgIpc) is 3.83. The van der Waals surface area contributed by atoms with Gasteiger partial charge in [-0.25, -0.2) is 33.7 Å². The van der Waals surface area contributed by atoms with E-state index in [9.17, 15) is 53.5 Å². The second kappa shape index (κ2) is 19.4. The standard InChI is InChI=1S/C30H43N9O18P2/c1-3-4-5-19(41)37(2)15(10-51-9-8-40)29(44)56-23-16(54-28(21(23)42)39-14-35-20-25(32)33-13-34-26(20)39)12-53-59(49,50)57-24-17(11-52-58(46,47)48)55-27(22(24)43)38-7-6-18(31)36-30(38)45/h3,6-7,13-17,21-24,27-28,40,42-43H,1,4-5,8-12H2,2H3,(H,49,50)(H2,31,36,45)(H2,32,33,34)(H2,46,47,48)/t15-,16+,17+,21+,22+,23+,24+,27+,28+/m0/s1. The molecule has 2 aliphatic rings. The van der Waals surface area contributed by atoms with E-state index in [1.807, 2.05) is 0 Å². The lowest BCUT2D eigenvalue weighted by Gasteiger charge is -2.29. The molecule has 0 bridgehead atoms. The summed E-state index contributed by atoms with van der Waals surface area (Å²) in [6, 6.07) is -0.273. The van der Waals surface area contributed by atoms with E-state index in [1.165, 1.54) is 24.0 Å². The van der Waals surface area contributed by atoms with Gasteiger partial charge in [-0.15, -0.1) is 6.58 Å². The van der Waals surface area contributed by atoms with Crippen LogP contribution in [0.5, 0.6) is 0 Å².